The van der Waals surface area contributed by atoms with Gasteiger partial charge < -0.3 is 15.0 Å². The lowest BCUT2D eigenvalue weighted by Gasteiger charge is -2.29. The number of methoxy groups -OCH3 is 1. The summed E-state index contributed by atoms with van der Waals surface area (Å²) in [7, 11) is -2.03. The number of carbonyl (C=O) groups excluding carboxylic acids is 2. The Labute approximate surface area is 219 Å². The van der Waals surface area contributed by atoms with E-state index < -0.39 is 16.1 Å². The first-order chi connectivity index (χ1) is 17.1. The fraction of sp³-hybridized carbons (Fsp3) is 0.462. The van der Waals surface area contributed by atoms with Gasteiger partial charge in [-0.05, 0) is 55.7 Å². The number of amides is 2. The molecule has 0 saturated carbocycles. The Balaban J connectivity index is 2.15. The van der Waals surface area contributed by atoms with Crippen molar-refractivity contribution in [3.63, 3.8) is 0 Å². The van der Waals surface area contributed by atoms with Gasteiger partial charge in [-0.1, -0.05) is 43.1 Å². The molecule has 1 atom stereocenters. The van der Waals surface area contributed by atoms with Crippen LogP contribution in [0, 0.1) is 0 Å². The van der Waals surface area contributed by atoms with Crippen LogP contribution in [0.3, 0.4) is 0 Å². The maximum atomic E-state index is 13.3. The molecule has 10 heteroatoms. The highest BCUT2D eigenvalue weighted by atomic mass is 35.5. The second kappa shape index (κ2) is 14.1. The van der Waals surface area contributed by atoms with Crippen molar-refractivity contribution in [2.24, 2.45) is 0 Å². The monoisotopic (exact) mass is 537 g/mol. The molecule has 0 aliphatic rings. The molecule has 0 aliphatic carbocycles. The van der Waals surface area contributed by atoms with Crippen LogP contribution in [0.25, 0.3) is 0 Å². The normalized spacial score (nSPS) is 12.0. The van der Waals surface area contributed by atoms with E-state index in [9.17, 15) is 18.0 Å². The summed E-state index contributed by atoms with van der Waals surface area (Å²) in [5.41, 5.74) is 1.22. The fourth-order valence-electron chi connectivity index (χ4n) is 3.68. The molecular formula is C26H36ClN3O5S. The average molecular weight is 538 g/mol. The molecule has 0 saturated heterocycles. The summed E-state index contributed by atoms with van der Waals surface area (Å²) in [6, 6.07) is 13.2. The van der Waals surface area contributed by atoms with Crippen molar-refractivity contribution in [1.82, 2.24) is 10.2 Å². The van der Waals surface area contributed by atoms with Crippen molar-refractivity contribution in [3.05, 3.63) is 59.1 Å². The van der Waals surface area contributed by atoms with Crippen LogP contribution >= 0.6 is 11.6 Å². The molecule has 0 aliphatic heterocycles. The van der Waals surface area contributed by atoms with Crippen molar-refractivity contribution < 1.29 is 22.7 Å². The van der Waals surface area contributed by atoms with Crippen LogP contribution in [0.4, 0.5) is 5.69 Å². The first kappa shape index (κ1) is 29.5. The van der Waals surface area contributed by atoms with Gasteiger partial charge in [0.05, 0.1) is 19.1 Å². The van der Waals surface area contributed by atoms with Crippen LogP contribution < -0.4 is 14.4 Å². The predicted molar refractivity (Wildman–Crippen MR) is 144 cm³/mol. The average Bonchev–Trinajstić information content (AvgIpc) is 2.85. The zero-order valence-corrected chi connectivity index (χ0v) is 22.9. The Bertz CT molecular complexity index is 1110. The number of rotatable bonds is 14. The molecule has 1 N–H and O–H groups in total. The molecule has 2 amide bonds. The predicted octanol–water partition coefficient (Wildman–Crippen LogP) is 4.23. The van der Waals surface area contributed by atoms with Gasteiger partial charge >= 0.3 is 0 Å². The number of hydrogen-bond acceptors (Lipinski definition) is 5. The number of carbonyl (C=O) groups is 2. The third-order valence-corrected chi connectivity index (χ3v) is 7.37. The maximum Gasteiger partial charge on any atom is 0.242 e. The van der Waals surface area contributed by atoms with Crippen molar-refractivity contribution in [3.8, 4) is 5.75 Å². The highest BCUT2D eigenvalue weighted by molar-refractivity contribution is 7.92. The summed E-state index contributed by atoms with van der Waals surface area (Å²) >= 11 is 6.32. The first-order valence-corrected chi connectivity index (χ1v) is 14.2. The number of anilines is 1. The molecule has 0 fully saturated rings. The molecule has 198 valence electrons. The summed E-state index contributed by atoms with van der Waals surface area (Å²) < 4.78 is 31.3. The van der Waals surface area contributed by atoms with Gasteiger partial charge in [-0.2, -0.15) is 0 Å². The second-order valence-electron chi connectivity index (χ2n) is 8.57. The number of benzene rings is 2. The molecule has 2 aromatic carbocycles. The Morgan fingerprint density at radius 3 is 2.33 bits per heavy atom. The third-order valence-electron chi connectivity index (χ3n) is 5.81. The summed E-state index contributed by atoms with van der Waals surface area (Å²) in [6.07, 6.45) is 3.28. The second-order valence-corrected chi connectivity index (χ2v) is 10.9. The topological polar surface area (TPSA) is 96.0 Å². The van der Waals surface area contributed by atoms with Gasteiger partial charge in [0.1, 0.15) is 11.8 Å². The number of nitrogens with one attached hydrogen (secondary N) is 1. The maximum absolute atomic E-state index is 13.3. The number of hydrogen-bond donors (Lipinski definition) is 1. The van der Waals surface area contributed by atoms with E-state index in [0.29, 0.717) is 23.0 Å². The number of halogens is 1. The smallest absolute Gasteiger partial charge is 0.242 e. The zero-order chi connectivity index (χ0) is 26.7. The lowest BCUT2D eigenvalue weighted by atomic mass is 10.1. The molecule has 36 heavy (non-hydrogen) atoms. The molecule has 8 nitrogen and oxygen atoms in total. The fourth-order valence-corrected chi connectivity index (χ4v) is 4.84. The van der Waals surface area contributed by atoms with Gasteiger partial charge in [0.25, 0.3) is 0 Å². The van der Waals surface area contributed by atoms with E-state index in [-0.39, 0.29) is 37.7 Å². The third kappa shape index (κ3) is 8.71. The van der Waals surface area contributed by atoms with Crippen LogP contribution in [-0.2, 0) is 26.2 Å². The van der Waals surface area contributed by atoms with Gasteiger partial charge in [-0.25, -0.2) is 8.42 Å². The Kier molecular flexibility index (Phi) is 11.5. The number of nitrogens with zero attached hydrogens (tertiary/aromatic N) is 2. The molecule has 2 aromatic rings. The lowest BCUT2D eigenvalue weighted by Crippen LogP contribution is -2.48. The molecule has 0 radical (unpaired) electrons. The summed E-state index contributed by atoms with van der Waals surface area (Å²) in [5.74, 6) is 0.125. The van der Waals surface area contributed by atoms with Gasteiger partial charge in [0, 0.05) is 31.1 Å². The Morgan fingerprint density at radius 2 is 1.75 bits per heavy atom. The lowest BCUT2D eigenvalue weighted by molar-refractivity contribution is -0.140. The van der Waals surface area contributed by atoms with Gasteiger partial charge in [-0.15, -0.1) is 0 Å². The number of ether oxygens (including phenoxy) is 1. The van der Waals surface area contributed by atoms with Gasteiger partial charge in [0.2, 0.25) is 21.8 Å². The molecule has 0 bridgehead atoms. The molecule has 0 heterocycles. The van der Waals surface area contributed by atoms with Crippen LogP contribution in [0.2, 0.25) is 5.02 Å². The van der Waals surface area contributed by atoms with E-state index in [1.54, 1.807) is 43.3 Å². The Hall–Kier alpha value is -2.78. The van der Waals surface area contributed by atoms with E-state index in [0.717, 1.165) is 24.7 Å². The molecule has 2 rings (SSSR count). The largest absolute Gasteiger partial charge is 0.497 e. The van der Waals surface area contributed by atoms with Crippen LogP contribution in [0.1, 0.15) is 45.1 Å². The standard InChI is InChI=1S/C26H36ClN3O5S/c1-5-6-17-28-26(32)20(2)29(19-21-10-7-8-11-24(21)27)25(31)12-9-18-30(36(4,33)34)22-13-15-23(35-3)16-14-22/h7-8,10-11,13-16,20H,5-6,9,12,17-19H2,1-4H3,(H,28,32)/t20-/m0/s1. The van der Waals surface area contributed by atoms with Crippen LogP contribution in [0.5, 0.6) is 5.75 Å². The molecule has 0 aromatic heterocycles. The summed E-state index contributed by atoms with van der Waals surface area (Å²) in [5, 5.41) is 3.39. The zero-order valence-electron chi connectivity index (χ0n) is 21.4. The minimum Gasteiger partial charge on any atom is -0.497 e. The van der Waals surface area contributed by atoms with E-state index in [1.165, 1.54) is 16.3 Å². The van der Waals surface area contributed by atoms with E-state index in [1.807, 2.05) is 19.1 Å². The van der Waals surface area contributed by atoms with Crippen molar-refractivity contribution >= 4 is 39.1 Å². The molecule has 0 spiro atoms. The highest BCUT2D eigenvalue weighted by Crippen LogP contribution is 2.23. The molecular weight excluding hydrogens is 502 g/mol. The number of unbranched alkanes of at least 4 members (excludes halogenated alkanes) is 1. The van der Waals surface area contributed by atoms with Crippen molar-refractivity contribution in [1.29, 1.82) is 0 Å². The SMILES string of the molecule is CCCCNC(=O)[C@H](C)N(Cc1ccccc1Cl)C(=O)CCCN(c1ccc(OC)cc1)S(C)(=O)=O. The van der Waals surface area contributed by atoms with E-state index in [2.05, 4.69) is 5.32 Å². The molecule has 0 unspecified atom stereocenters. The van der Waals surface area contributed by atoms with Crippen molar-refractivity contribution in [2.45, 2.75) is 52.1 Å². The van der Waals surface area contributed by atoms with E-state index in [4.69, 9.17) is 16.3 Å². The number of sulfonamides is 1. The van der Waals surface area contributed by atoms with Crippen LogP contribution in [0.15, 0.2) is 48.5 Å². The van der Waals surface area contributed by atoms with Crippen LogP contribution in [-0.4, -0.2) is 57.6 Å². The highest BCUT2D eigenvalue weighted by Gasteiger charge is 2.27. The van der Waals surface area contributed by atoms with E-state index >= 15 is 0 Å². The van der Waals surface area contributed by atoms with Gasteiger partial charge in [0.15, 0.2) is 0 Å². The summed E-state index contributed by atoms with van der Waals surface area (Å²) in [6.45, 7) is 4.56. The quantitative estimate of drug-likeness (QED) is 0.364. The minimum absolute atomic E-state index is 0.0687. The Morgan fingerprint density at radius 1 is 1.08 bits per heavy atom. The van der Waals surface area contributed by atoms with Crippen molar-refractivity contribution in [2.75, 3.05) is 30.8 Å². The first-order valence-electron chi connectivity index (χ1n) is 12.0. The van der Waals surface area contributed by atoms with Gasteiger partial charge in [-0.3, -0.25) is 13.9 Å². The minimum atomic E-state index is -3.57. The summed E-state index contributed by atoms with van der Waals surface area (Å²) in [4.78, 5) is 27.6.